The van der Waals surface area contributed by atoms with Crippen LogP contribution in [0.15, 0.2) is 29.2 Å². The quantitative estimate of drug-likeness (QED) is 0.520. The first-order valence-electron chi connectivity index (χ1n) is 6.79. The number of nitrogens with one attached hydrogen (secondary N) is 1. The largest absolute Gasteiger partial charge is 0.480 e. The van der Waals surface area contributed by atoms with Crippen molar-refractivity contribution in [2.75, 3.05) is 13.7 Å². The lowest BCUT2D eigenvalue weighted by atomic mass is 10.1. The highest BCUT2D eigenvalue weighted by Gasteiger charge is 2.28. The molecule has 1 saturated heterocycles. The molecule has 2 rings (SSSR count). The number of nitrogens with zero attached hydrogens (tertiary/aromatic N) is 1. The van der Waals surface area contributed by atoms with Gasteiger partial charge in [-0.2, -0.15) is 0 Å². The molecule has 0 saturated carbocycles. The highest BCUT2D eigenvalue weighted by molar-refractivity contribution is 8.26. The molecule has 0 unspecified atom stereocenters. The summed E-state index contributed by atoms with van der Waals surface area (Å²) in [4.78, 5) is 36.5. The molecule has 24 heavy (non-hydrogen) atoms. The van der Waals surface area contributed by atoms with E-state index >= 15 is 0 Å². The molecular formula is C15H14N2O5S2. The Hall–Kier alpha value is -2.23. The molecule has 1 aliphatic heterocycles. The number of aliphatic carboxylic acids is 1. The van der Waals surface area contributed by atoms with Crippen LogP contribution >= 0.6 is 24.0 Å². The molecule has 9 heteroatoms. The number of rotatable bonds is 5. The summed E-state index contributed by atoms with van der Waals surface area (Å²) in [7, 11) is 1.60. The summed E-state index contributed by atoms with van der Waals surface area (Å²) in [5.41, 5.74) is 0.951. The maximum atomic E-state index is 11.9. The van der Waals surface area contributed by atoms with Crippen molar-refractivity contribution in [3.8, 4) is 0 Å². The van der Waals surface area contributed by atoms with Crippen molar-refractivity contribution >= 4 is 52.2 Å². The number of carbonyl (C=O) groups is 3. The molecule has 0 bridgehead atoms. The second kappa shape index (κ2) is 7.56. The number of thioether (sulfide) groups is 1. The van der Waals surface area contributed by atoms with Crippen LogP contribution in [-0.4, -0.2) is 56.9 Å². The van der Waals surface area contributed by atoms with E-state index in [2.05, 4.69) is 5.32 Å². The first kappa shape index (κ1) is 18.1. The van der Waals surface area contributed by atoms with Crippen molar-refractivity contribution < 1.29 is 24.6 Å². The molecule has 0 aromatic heterocycles. The lowest BCUT2D eigenvalue weighted by Gasteiger charge is -2.11. The molecule has 1 aromatic rings. The zero-order chi connectivity index (χ0) is 17.9. The van der Waals surface area contributed by atoms with Crippen LogP contribution in [0.1, 0.15) is 15.9 Å². The Morgan fingerprint density at radius 1 is 1.38 bits per heavy atom. The number of aliphatic hydroxyl groups excluding tert-OH is 1. The van der Waals surface area contributed by atoms with Gasteiger partial charge in [0.2, 0.25) is 0 Å². The van der Waals surface area contributed by atoms with Gasteiger partial charge in [-0.3, -0.25) is 14.5 Å². The average molecular weight is 366 g/mol. The van der Waals surface area contributed by atoms with E-state index in [1.54, 1.807) is 25.3 Å². The van der Waals surface area contributed by atoms with E-state index in [1.165, 1.54) is 28.8 Å². The van der Waals surface area contributed by atoms with Gasteiger partial charge >= 0.3 is 5.97 Å². The first-order chi connectivity index (χ1) is 11.3. The Bertz CT molecular complexity index is 730. The summed E-state index contributed by atoms with van der Waals surface area (Å²) in [5.74, 6) is -2.11. The molecule has 126 valence electrons. The average Bonchev–Trinajstić information content (AvgIpc) is 2.79. The topological polar surface area (TPSA) is 107 Å². The van der Waals surface area contributed by atoms with E-state index < -0.39 is 24.5 Å². The van der Waals surface area contributed by atoms with Crippen LogP contribution in [0.5, 0.6) is 0 Å². The minimum absolute atomic E-state index is 0.181. The van der Waals surface area contributed by atoms with Gasteiger partial charge < -0.3 is 15.5 Å². The Labute approximate surface area is 147 Å². The lowest BCUT2D eigenvalue weighted by molar-refractivity contribution is -0.140. The van der Waals surface area contributed by atoms with Crippen LogP contribution in [0.3, 0.4) is 0 Å². The third-order valence-electron chi connectivity index (χ3n) is 3.24. The fraction of sp³-hybridized carbons (Fsp3) is 0.200. The van der Waals surface area contributed by atoms with Crippen LogP contribution in [0.4, 0.5) is 0 Å². The minimum Gasteiger partial charge on any atom is -0.480 e. The normalized spacial score (nSPS) is 17.2. The molecule has 1 aliphatic rings. The van der Waals surface area contributed by atoms with Crippen molar-refractivity contribution in [3.63, 3.8) is 0 Å². The maximum Gasteiger partial charge on any atom is 0.328 e. The molecule has 1 aromatic carbocycles. The Morgan fingerprint density at radius 3 is 2.46 bits per heavy atom. The maximum absolute atomic E-state index is 11.9. The second-order valence-electron chi connectivity index (χ2n) is 4.91. The number of carboxylic acids is 1. The van der Waals surface area contributed by atoms with Crippen molar-refractivity contribution in [3.05, 3.63) is 40.3 Å². The number of hydrogen-bond donors (Lipinski definition) is 3. The highest BCUT2D eigenvalue weighted by Crippen LogP contribution is 2.31. The van der Waals surface area contributed by atoms with Crippen LogP contribution in [0, 0.1) is 0 Å². The van der Waals surface area contributed by atoms with E-state index in [4.69, 9.17) is 22.4 Å². The van der Waals surface area contributed by atoms with Crippen LogP contribution in [0.25, 0.3) is 6.08 Å². The Morgan fingerprint density at radius 2 is 2.00 bits per heavy atom. The molecule has 0 aliphatic carbocycles. The fourth-order valence-corrected chi connectivity index (χ4v) is 3.03. The number of carboxylic acid groups (broad SMARTS) is 1. The van der Waals surface area contributed by atoms with Crippen LogP contribution in [-0.2, 0) is 9.59 Å². The third-order valence-corrected chi connectivity index (χ3v) is 4.73. The molecule has 3 N–H and O–H groups in total. The summed E-state index contributed by atoms with van der Waals surface area (Å²) < 4.78 is 0.478. The smallest absolute Gasteiger partial charge is 0.328 e. The van der Waals surface area contributed by atoms with Crippen LogP contribution < -0.4 is 5.32 Å². The molecule has 7 nitrogen and oxygen atoms in total. The van der Waals surface area contributed by atoms with Gasteiger partial charge in [0.1, 0.15) is 4.32 Å². The van der Waals surface area contributed by atoms with Crippen molar-refractivity contribution in [2.45, 2.75) is 6.04 Å². The standard InChI is InChI=1S/C15H14N2O5S2/c1-17-13(20)11(24-15(17)23)6-8-2-4-9(5-3-8)12(19)16-10(7-18)14(21)22/h2-6,10,18H,7H2,1H3,(H,16,19)(H,21,22)/b11-6+/t10-/m1/s1. The zero-order valence-electron chi connectivity index (χ0n) is 12.6. The molecule has 2 amide bonds. The summed E-state index contributed by atoms with van der Waals surface area (Å²) in [6, 6.07) is 4.91. The van der Waals surface area contributed by atoms with Crippen molar-refractivity contribution in [2.24, 2.45) is 0 Å². The monoisotopic (exact) mass is 366 g/mol. The predicted octanol–water partition coefficient (Wildman–Crippen LogP) is 0.693. The third kappa shape index (κ3) is 3.99. The number of carbonyl (C=O) groups excluding carboxylic acids is 2. The molecule has 0 radical (unpaired) electrons. The minimum atomic E-state index is -1.36. The summed E-state index contributed by atoms with van der Waals surface area (Å²) in [5, 5.41) is 19.9. The predicted molar refractivity (Wildman–Crippen MR) is 93.4 cm³/mol. The van der Waals surface area contributed by atoms with Crippen molar-refractivity contribution in [1.82, 2.24) is 10.2 Å². The zero-order valence-corrected chi connectivity index (χ0v) is 14.2. The lowest BCUT2D eigenvalue weighted by Crippen LogP contribution is -2.43. The van der Waals surface area contributed by atoms with Crippen LogP contribution in [0.2, 0.25) is 0 Å². The summed E-state index contributed by atoms with van der Waals surface area (Å²) in [6.45, 7) is -0.696. The summed E-state index contributed by atoms with van der Waals surface area (Å²) >= 11 is 6.24. The Kier molecular flexibility index (Phi) is 5.71. The first-order valence-corrected chi connectivity index (χ1v) is 8.02. The van der Waals surface area contributed by atoms with E-state index in [0.717, 1.165) is 0 Å². The van der Waals surface area contributed by atoms with E-state index in [1.807, 2.05) is 0 Å². The number of thiocarbonyl (C=S) groups is 1. The number of aliphatic hydroxyl groups is 1. The fourth-order valence-electron chi connectivity index (χ4n) is 1.85. The van der Waals surface area contributed by atoms with Gasteiger partial charge in [-0.25, -0.2) is 4.79 Å². The second-order valence-corrected chi connectivity index (χ2v) is 6.59. The van der Waals surface area contributed by atoms with Gasteiger partial charge in [-0.05, 0) is 23.8 Å². The highest BCUT2D eigenvalue weighted by atomic mass is 32.2. The van der Waals surface area contributed by atoms with Gasteiger partial charge in [0.05, 0.1) is 11.5 Å². The SMILES string of the molecule is CN1C(=O)/C(=C\c2ccc(C(=O)N[C@H](CO)C(=O)O)cc2)SC1=S. The molecular weight excluding hydrogens is 352 g/mol. The van der Waals surface area contributed by atoms with Gasteiger partial charge in [0.15, 0.2) is 6.04 Å². The van der Waals surface area contributed by atoms with Gasteiger partial charge in [0.25, 0.3) is 11.8 Å². The number of hydrogen-bond acceptors (Lipinski definition) is 6. The van der Waals surface area contributed by atoms with E-state index in [9.17, 15) is 14.4 Å². The number of likely N-dealkylation sites (N-methyl/N-ethyl adjacent to an activating group) is 1. The molecule has 0 spiro atoms. The van der Waals surface area contributed by atoms with Gasteiger partial charge in [-0.15, -0.1) is 0 Å². The molecule has 1 atom stereocenters. The molecule has 1 heterocycles. The Balaban J connectivity index is 2.11. The van der Waals surface area contributed by atoms with E-state index in [0.29, 0.717) is 14.8 Å². The van der Waals surface area contributed by atoms with Gasteiger partial charge in [0, 0.05) is 12.6 Å². The van der Waals surface area contributed by atoms with E-state index in [-0.39, 0.29) is 11.5 Å². The summed E-state index contributed by atoms with van der Waals surface area (Å²) in [6.07, 6.45) is 1.66. The number of amides is 2. The number of benzene rings is 1. The molecule has 1 fully saturated rings. The van der Waals surface area contributed by atoms with Gasteiger partial charge in [-0.1, -0.05) is 36.1 Å². The van der Waals surface area contributed by atoms with Crippen molar-refractivity contribution in [1.29, 1.82) is 0 Å².